The van der Waals surface area contributed by atoms with Crippen LogP contribution in [0.1, 0.15) is 34.1 Å². The van der Waals surface area contributed by atoms with Crippen molar-refractivity contribution >= 4 is 5.97 Å². The number of nitrogens with two attached hydrogens (primary N) is 1. The van der Waals surface area contributed by atoms with Gasteiger partial charge in [-0.15, -0.1) is 0 Å². The Morgan fingerprint density at radius 2 is 2.00 bits per heavy atom. The number of carbonyl (C=O) groups excluding carboxylic acids is 1. The van der Waals surface area contributed by atoms with Gasteiger partial charge in [0.05, 0.1) is 18.8 Å². The van der Waals surface area contributed by atoms with Gasteiger partial charge in [-0.1, -0.05) is 6.92 Å². The number of carbonyl (C=O) groups is 1. The van der Waals surface area contributed by atoms with Crippen LogP contribution in [0.15, 0.2) is 0 Å². The summed E-state index contributed by atoms with van der Waals surface area (Å²) in [4.78, 5) is 11.1. The van der Waals surface area contributed by atoms with E-state index in [2.05, 4.69) is 0 Å². The number of hydrogen-bond acceptors (Lipinski definition) is 4. The molecule has 0 saturated heterocycles. The molecule has 4 nitrogen and oxygen atoms in total. The third kappa shape index (κ3) is 5.19. The van der Waals surface area contributed by atoms with E-state index >= 15 is 0 Å². The zero-order valence-electron chi connectivity index (χ0n) is 9.50. The maximum Gasteiger partial charge on any atom is 0.325 e. The van der Waals surface area contributed by atoms with Crippen molar-refractivity contribution in [3.05, 3.63) is 0 Å². The Bertz CT molecular complexity index is 180. The van der Waals surface area contributed by atoms with Gasteiger partial charge in [0.15, 0.2) is 0 Å². The molecule has 1 atom stereocenters. The van der Waals surface area contributed by atoms with E-state index in [1.54, 1.807) is 6.92 Å². The Balaban J connectivity index is 3.84. The van der Waals surface area contributed by atoms with E-state index in [0.717, 1.165) is 6.42 Å². The molecule has 84 valence electrons. The summed E-state index contributed by atoms with van der Waals surface area (Å²) in [5.41, 5.74) is 5.33. The molecule has 1 unspecified atom stereocenters. The first-order valence-corrected chi connectivity index (χ1v) is 4.99. The van der Waals surface area contributed by atoms with Gasteiger partial charge < -0.3 is 15.2 Å². The second-order valence-electron chi connectivity index (χ2n) is 3.78. The summed E-state index contributed by atoms with van der Waals surface area (Å²) in [6.45, 7) is 8.26. The summed E-state index contributed by atoms with van der Waals surface area (Å²) in [6.07, 6.45) is 0.878. The van der Waals surface area contributed by atoms with Crippen LogP contribution in [0.25, 0.3) is 0 Å². The first-order valence-electron chi connectivity index (χ1n) is 4.99. The Hall–Kier alpha value is -0.610. The van der Waals surface area contributed by atoms with Crippen LogP contribution in [0.4, 0.5) is 0 Å². The fourth-order valence-corrected chi connectivity index (χ4v) is 0.735. The third-order valence-corrected chi connectivity index (χ3v) is 2.09. The monoisotopic (exact) mass is 203 g/mol. The Morgan fingerprint density at radius 3 is 2.43 bits per heavy atom. The van der Waals surface area contributed by atoms with Gasteiger partial charge in [-0.3, -0.25) is 4.79 Å². The standard InChI is InChI=1S/C10H21NO3/c1-5-10(3,4)14-7-8(11)9(12)13-6-2/h8H,5-7,11H2,1-4H3. The molecule has 0 aromatic rings. The summed E-state index contributed by atoms with van der Waals surface area (Å²) in [5.74, 6) is -0.403. The van der Waals surface area contributed by atoms with Crippen molar-refractivity contribution in [2.75, 3.05) is 13.2 Å². The van der Waals surface area contributed by atoms with Gasteiger partial charge in [-0.05, 0) is 27.2 Å². The minimum atomic E-state index is -0.680. The van der Waals surface area contributed by atoms with E-state index in [1.807, 2.05) is 20.8 Å². The highest BCUT2D eigenvalue weighted by atomic mass is 16.5. The van der Waals surface area contributed by atoms with Crippen LogP contribution in [-0.4, -0.2) is 30.8 Å². The molecule has 14 heavy (non-hydrogen) atoms. The SMILES string of the molecule is CCOC(=O)C(N)COC(C)(C)CC. The van der Waals surface area contributed by atoms with Crippen LogP contribution in [0.3, 0.4) is 0 Å². The molecule has 0 radical (unpaired) electrons. The highest BCUT2D eigenvalue weighted by Gasteiger charge is 2.20. The average Bonchev–Trinajstić information content (AvgIpc) is 2.15. The molecule has 0 aromatic carbocycles. The van der Waals surface area contributed by atoms with Crippen molar-refractivity contribution in [2.24, 2.45) is 5.73 Å². The van der Waals surface area contributed by atoms with E-state index < -0.39 is 12.0 Å². The molecule has 0 bridgehead atoms. The zero-order chi connectivity index (χ0) is 11.2. The topological polar surface area (TPSA) is 61.5 Å². The van der Waals surface area contributed by atoms with Crippen LogP contribution in [-0.2, 0) is 14.3 Å². The van der Waals surface area contributed by atoms with Crippen molar-refractivity contribution < 1.29 is 14.3 Å². The summed E-state index contributed by atoms with van der Waals surface area (Å²) in [5, 5.41) is 0. The minimum Gasteiger partial charge on any atom is -0.465 e. The van der Waals surface area contributed by atoms with Gasteiger partial charge >= 0.3 is 5.97 Å². The van der Waals surface area contributed by atoms with Gasteiger partial charge in [-0.25, -0.2) is 0 Å². The smallest absolute Gasteiger partial charge is 0.325 e. The predicted octanol–water partition coefficient (Wildman–Crippen LogP) is 1.08. The van der Waals surface area contributed by atoms with Crippen molar-refractivity contribution in [3.8, 4) is 0 Å². The predicted molar refractivity (Wildman–Crippen MR) is 54.9 cm³/mol. The van der Waals surface area contributed by atoms with Crippen LogP contribution in [0.5, 0.6) is 0 Å². The van der Waals surface area contributed by atoms with E-state index in [0.29, 0.717) is 6.61 Å². The Morgan fingerprint density at radius 1 is 1.43 bits per heavy atom. The molecule has 0 aromatic heterocycles. The molecule has 2 N–H and O–H groups in total. The van der Waals surface area contributed by atoms with Crippen LogP contribution < -0.4 is 5.73 Å². The minimum absolute atomic E-state index is 0.208. The summed E-state index contributed by atoms with van der Waals surface area (Å²) in [7, 11) is 0. The maximum absolute atomic E-state index is 11.1. The lowest BCUT2D eigenvalue weighted by Crippen LogP contribution is -2.40. The number of rotatable bonds is 6. The summed E-state index contributed by atoms with van der Waals surface area (Å²) in [6, 6.07) is -0.680. The highest BCUT2D eigenvalue weighted by molar-refractivity contribution is 5.75. The molecular weight excluding hydrogens is 182 g/mol. The molecule has 4 heteroatoms. The first kappa shape index (κ1) is 13.4. The third-order valence-electron chi connectivity index (χ3n) is 2.09. The van der Waals surface area contributed by atoms with Gasteiger partial charge in [0, 0.05) is 0 Å². The van der Waals surface area contributed by atoms with Gasteiger partial charge in [-0.2, -0.15) is 0 Å². The molecule has 0 aliphatic rings. The molecule has 0 heterocycles. The fourth-order valence-electron chi connectivity index (χ4n) is 0.735. The van der Waals surface area contributed by atoms with Crippen molar-refractivity contribution in [2.45, 2.75) is 45.8 Å². The molecule has 0 spiro atoms. The van der Waals surface area contributed by atoms with Crippen LogP contribution >= 0.6 is 0 Å². The maximum atomic E-state index is 11.1. The Kier molecular flexibility index (Phi) is 5.72. The lowest BCUT2D eigenvalue weighted by molar-refractivity contribution is -0.147. The van der Waals surface area contributed by atoms with E-state index in [4.69, 9.17) is 15.2 Å². The molecule has 0 fully saturated rings. The van der Waals surface area contributed by atoms with Crippen molar-refractivity contribution in [1.82, 2.24) is 0 Å². The molecule has 0 saturated carbocycles. The lowest BCUT2D eigenvalue weighted by atomic mass is 10.1. The molecule has 0 rings (SSSR count). The molecule has 0 amide bonds. The van der Waals surface area contributed by atoms with E-state index in [1.165, 1.54) is 0 Å². The fraction of sp³-hybridized carbons (Fsp3) is 0.900. The second kappa shape index (κ2) is 5.98. The van der Waals surface area contributed by atoms with Gasteiger partial charge in [0.2, 0.25) is 0 Å². The number of esters is 1. The van der Waals surface area contributed by atoms with E-state index in [9.17, 15) is 4.79 Å². The summed E-state index contributed by atoms with van der Waals surface area (Å²) >= 11 is 0. The van der Waals surface area contributed by atoms with Gasteiger partial charge in [0.25, 0.3) is 0 Å². The van der Waals surface area contributed by atoms with Gasteiger partial charge in [0.1, 0.15) is 6.04 Å². The van der Waals surface area contributed by atoms with Crippen LogP contribution in [0, 0.1) is 0 Å². The molecule has 0 aliphatic carbocycles. The second-order valence-corrected chi connectivity index (χ2v) is 3.78. The first-order chi connectivity index (χ1) is 6.43. The average molecular weight is 203 g/mol. The molecule has 0 aliphatic heterocycles. The number of ether oxygens (including phenoxy) is 2. The lowest BCUT2D eigenvalue weighted by Gasteiger charge is -2.24. The van der Waals surface area contributed by atoms with Crippen molar-refractivity contribution in [1.29, 1.82) is 0 Å². The van der Waals surface area contributed by atoms with E-state index in [-0.39, 0.29) is 12.2 Å². The largest absolute Gasteiger partial charge is 0.465 e. The highest BCUT2D eigenvalue weighted by Crippen LogP contribution is 2.13. The summed E-state index contributed by atoms with van der Waals surface area (Å²) < 4.78 is 10.2. The Labute approximate surface area is 85.8 Å². The quantitative estimate of drug-likeness (QED) is 0.656. The normalized spacial score (nSPS) is 13.8. The van der Waals surface area contributed by atoms with Crippen molar-refractivity contribution in [3.63, 3.8) is 0 Å². The van der Waals surface area contributed by atoms with Crippen LogP contribution in [0.2, 0.25) is 0 Å². The molecular formula is C10H21NO3. The zero-order valence-corrected chi connectivity index (χ0v) is 9.50. The number of hydrogen-bond donors (Lipinski definition) is 1.